The summed E-state index contributed by atoms with van der Waals surface area (Å²) in [4.78, 5) is 27.0. The van der Waals surface area contributed by atoms with Crippen LogP contribution < -0.4 is 5.32 Å². The van der Waals surface area contributed by atoms with E-state index in [2.05, 4.69) is 5.32 Å². The average molecular weight is 387 g/mol. The van der Waals surface area contributed by atoms with Crippen molar-refractivity contribution in [2.24, 2.45) is 0 Å². The highest BCUT2D eigenvalue weighted by atomic mass is 35.5. The minimum atomic E-state index is -0.491. The van der Waals surface area contributed by atoms with Crippen molar-refractivity contribution in [2.45, 2.75) is 45.7 Å². The lowest BCUT2D eigenvalue weighted by Crippen LogP contribution is -2.48. The number of halogens is 1. The van der Waals surface area contributed by atoms with E-state index in [4.69, 9.17) is 11.6 Å². The first-order chi connectivity index (χ1) is 13.0. The maximum absolute atomic E-state index is 13.0. The highest BCUT2D eigenvalue weighted by Gasteiger charge is 2.27. The summed E-state index contributed by atoms with van der Waals surface area (Å²) in [5.41, 5.74) is 3.11. The van der Waals surface area contributed by atoms with Crippen molar-refractivity contribution in [3.05, 3.63) is 70.2 Å². The van der Waals surface area contributed by atoms with Crippen LogP contribution in [0.5, 0.6) is 0 Å². The van der Waals surface area contributed by atoms with Crippen LogP contribution in [-0.4, -0.2) is 29.8 Å². The van der Waals surface area contributed by atoms with Gasteiger partial charge in [-0.3, -0.25) is 9.59 Å². The topological polar surface area (TPSA) is 49.4 Å². The predicted molar refractivity (Wildman–Crippen MR) is 110 cm³/mol. The molecule has 0 aromatic heterocycles. The van der Waals surface area contributed by atoms with Gasteiger partial charge in [-0.25, -0.2) is 0 Å². The first kappa shape index (κ1) is 21.0. The molecule has 27 heavy (non-hydrogen) atoms. The molecule has 144 valence electrons. The van der Waals surface area contributed by atoms with Gasteiger partial charge >= 0.3 is 0 Å². The average Bonchev–Trinajstić information content (AvgIpc) is 2.68. The zero-order valence-electron chi connectivity index (χ0n) is 16.2. The van der Waals surface area contributed by atoms with E-state index in [1.807, 2.05) is 62.4 Å². The van der Waals surface area contributed by atoms with Gasteiger partial charge in [0, 0.05) is 25.0 Å². The Morgan fingerprint density at radius 2 is 1.78 bits per heavy atom. The van der Waals surface area contributed by atoms with E-state index < -0.39 is 6.04 Å². The lowest BCUT2D eigenvalue weighted by molar-refractivity contribution is -0.141. The molecule has 2 amide bonds. The van der Waals surface area contributed by atoms with Crippen LogP contribution in [0, 0.1) is 6.92 Å². The van der Waals surface area contributed by atoms with Gasteiger partial charge in [-0.05, 0) is 37.0 Å². The molecule has 0 bridgehead atoms. The van der Waals surface area contributed by atoms with Crippen LogP contribution in [0.4, 0.5) is 0 Å². The molecule has 0 aliphatic carbocycles. The van der Waals surface area contributed by atoms with Gasteiger partial charge in [0.05, 0.1) is 0 Å². The third-order valence-corrected chi connectivity index (χ3v) is 5.04. The van der Waals surface area contributed by atoms with E-state index in [9.17, 15) is 9.59 Å². The Morgan fingerprint density at radius 1 is 1.11 bits per heavy atom. The van der Waals surface area contributed by atoms with Gasteiger partial charge in [0.1, 0.15) is 6.04 Å². The molecule has 0 aliphatic heterocycles. The molecule has 1 N–H and O–H groups in total. The highest BCUT2D eigenvalue weighted by molar-refractivity contribution is 6.31. The number of amides is 2. The number of rotatable bonds is 8. The summed E-state index contributed by atoms with van der Waals surface area (Å²) in [6.07, 6.45) is 1.42. The molecule has 1 atom stereocenters. The summed E-state index contributed by atoms with van der Waals surface area (Å²) in [5.74, 6) is -0.193. The normalized spacial score (nSPS) is 11.7. The monoisotopic (exact) mass is 386 g/mol. The second-order valence-corrected chi connectivity index (χ2v) is 7.04. The summed E-state index contributed by atoms with van der Waals surface area (Å²) < 4.78 is 0. The molecule has 0 saturated heterocycles. The second-order valence-electron chi connectivity index (χ2n) is 6.64. The zero-order chi connectivity index (χ0) is 19.8. The van der Waals surface area contributed by atoms with E-state index in [-0.39, 0.29) is 11.8 Å². The summed E-state index contributed by atoms with van der Waals surface area (Å²) in [6, 6.07) is 15.1. The number of hydrogen-bond acceptors (Lipinski definition) is 2. The molecule has 2 aromatic carbocycles. The summed E-state index contributed by atoms with van der Waals surface area (Å²) in [7, 11) is 1.60. The number of benzene rings is 2. The van der Waals surface area contributed by atoms with E-state index in [1.54, 1.807) is 11.9 Å². The highest BCUT2D eigenvalue weighted by Crippen LogP contribution is 2.19. The fraction of sp³-hybridized carbons (Fsp3) is 0.364. The molecule has 2 aromatic rings. The van der Waals surface area contributed by atoms with E-state index in [1.165, 1.54) is 0 Å². The van der Waals surface area contributed by atoms with Crippen LogP contribution in [0.25, 0.3) is 0 Å². The largest absolute Gasteiger partial charge is 0.357 e. The van der Waals surface area contributed by atoms with E-state index >= 15 is 0 Å². The van der Waals surface area contributed by atoms with Gasteiger partial charge in [-0.1, -0.05) is 66.6 Å². The van der Waals surface area contributed by atoms with Crippen molar-refractivity contribution in [2.75, 3.05) is 7.05 Å². The minimum absolute atomic E-state index is 0.0501. The first-order valence-electron chi connectivity index (χ1n) is 9.26. The number of nitrogens with zero attached hydrogens (tertiary/aromatic N) is 1. The fourth-order valence-corrected chi connectivity index (χ4v) is 3.29. The van der Waals surface area contributed by atoms with Crippen LogP contribution in [-0.2, 0) is 22.6 Å². The Kier molecular flexibility index (Phi) is 7.86. The third kappa shape index (κ3) is 5.83. The van der Waals surface area contributed by atoms with Gasteiger partial charge in [0.15, 0.2) is 0 Å². The number of carbonyl (C=O) groups is 2. The number of hydrogen-bond donors (Lipinski definition) is 1. The van der Waals surface area contributed by atoms with Gasteiger partial charge in [0.25, 0.3) is 0 Å². The van der Waals surface area contributed by atoms with Gasteiger partial charge < -0.3 is 10.2 Å². The maximum Gasteiger partial charge on any atom is 0.242 e. The summed E-state index contributed by atoms with van der Waals surface area (Å²) in [5, 5.41) is 3.34. The summed E-state index contributed by atoms with van der Waals surface area (Å²) >= 11 is 6.21. The third-order valence-electron chi connectivity index (χ3n) is 4.67. The molecule has 0 aliphatic rings. The Bertz CT molecular complexity index is 774. The number of likely N-dealkylation sites (N-methyl/N-ethyl adjacent to an activating group) is 1. The maximum atomic E-state index is 13.0. The van der Waals surface area contributed by atoms with Gasteiger partial charge in [0.2, 0.25) is 11.8 Å². The molecule has 0 radical (unpaired) electrons. The predicted octanol–water partition coefficient (Wildman–Crippen LogP) is 4.13. The van der Waals surface area contributed by atoms with Crippen molar-refractivity contribution in [1.82, 2.24) is 10.2 Å². The Balaban J connectivity index is 2.19. The minimum Gasteiger partial charge on any atom is -0.357 e. The standard InChI is InChI=1S/C22H27ClN2O2/c1-4-20(22(27)24-3)25(15-17-11-9-16(2)10-12-17)21(26)14-13-18-7-5-6-8-19(18)23/h5-12,20H,4,13-15H2,1-3H3,(H,24,27)/t20-/m0/s1. The Morgan fingerprint density at radius 3 is 2.37 bits per heavy atom. The first-order valence-corrected chi connectivity index (χ1v) is 9.64. The van der Waals surface area contributed by atoms with Crippen LogP contribution in [0.3, 0.4) is 0 Å². The molecule has 0 heterocycles. The van der Waals surface area contributed by atoms with Crippen LogP contribution in [0.2, 0.25) is 5.02 Å². The smallest absolute Gasteiger partial charge is 0.242 e. The SMILES string of the molecule is CC[C@@H](C(=O)NC)N(Cc1ccc(C)cc1)C(=O)CCc1ccccc1Cl. The molecule has 0 spiro atoms. The Hall–Kier alpha value is -2.33. The van der Waals surface area contributed by atoms with Crippen molar-refractivity contribution >= 4 is 23.4 Å². The molecule has 5 heteroatoms. The van der Waals surface area contributed by atoms with Crippen LogP contribution >= 0.6 is 11.6 Å². The molecular formula is C22H27ClN2O2. The molecule has 0 saturated carbocycles. The number of aryl methyl sites for hydroxylation is 2. The van der Waals surface area contributed by atoms with Gasteiger partial charge in [-0.2, -0.15) is 0 Å². The lowest BCUT2D eigenvalue weighted by Gasteiger charge is -2.30. The number of carbonyl (C=O) groups excluding carboxylic acids is 2. The van der Waals surface area contributed by atoms with Crippen LogP contribution in [0.1, 0.15) is 36.5 Å². The zero-order valence-corrected chi connectivity index (χ0v) is 16.9. The van der Waals surface area contributed by atoms with Crippen molar-refractivity contribution < 1.29 is 9.59 Å². The molecule has 4 nitrogen and oxygen atoms in total. The quantitative estimate of drug-likeness (QED) is 0.741. The van der Waals surface area contributed by atoms with Crippen molar-refractivity contribution in [1.29, 1.82) is 0 Å². The summed E-state index contributed by atoms with van der Waals surface area (Å²) in [6.45, 7) is 4.35. The van der Waals surface area contributed by atoms with Crippen molar-refractivity contribution in [3.63, 3.8) is 0 Å². The van der Waals surface area contributed by atoms with E-state index in [0.29, 0.717) is 30.8 Å². The lowest BCUT2D eigenvalue weighted by atomic mass is 10.1. The molecular weight excluding hydrogens is 360 g/mol. The fourth-order valence-electron chi connectivity index (χ4n) is 3.06. The van der Waals surface area contributed by atoms with Crippen molar-refractivity contribution in [3.8, 4) is 0 Å². The molecule has 0 unspecified atom stereocenters. The van der Waals surface area contributed by atoms with Crippen LogP contribution in [0.15, 0.2) is 48.5 Å². The second kappa shape index (κ2) is 10.1. The Labute approximate surface area is 166 Å². The number of nitrogens with one attached hydrogen (secondary N) is 1. The van der Waals surface area contributed by atoms with Gasteiger partial charge in [-0.15, -0.1) is 0 Å². The molecule has 0 fully saturated rings. The van der Waals surface area contributed by atoms with E-state index in [0.717, 1.165) is 16.7 Å². The molecule has 2 rings (SSSR count).